The van der Waals surface area contributed by atoms with E-state index in [1.165, 1.54) is 128 Å². The van der Waals surface area contributed by atoms with Crippen molar-refractivity contribution in [3.63, 3.8) is 0 Å². The number of hydrogen-bond acceptors (Lipinski definition) is 0. The second kappa shape index (κ2) is 35.9. The molecule has 0 aromatic heterocycles. The van der Waals surface area contributed by atoms with E-state index in [9.17, 15) is 0 Å². The maximum Gasteiger partial charge on any atom is -0.0354 e. The molecule has 340 valence electrons. The summed E-state index contributed by atoms with van der Waals surface area (Å²) in [5.41, 5.74) is 2.92. The van der Waals surface area contributed by atoms with Crippen molar-refractivity contribution < 1.29 is 0 Å². The Labute approximate surface area is 356 Å². The van der Waals surface area contributed by atoms with Crippen molar-refractivity contribution in [3.8, 4) is 0 Å². The van der Waals surface area contributed by atoms with Crippen LogP contribution < -0.4 is 0 Å². The SMILES string of the molecule is CC.CC.CC.CC.CC.CC(C)(C)C1CC1.CC(C)(C)C1CCC1.CC(C)(C)C1CCCC1.CC(C)(C)C1CCCCC1.CC(C)(C)C1CCCCCC1. The Morgan fingerprint density at radius 3 is 0.418 bits per heavy atom. The van der Waals surface area contributed by atoms with E-state index >= 15 is 0 Å². The minimum absolute atomic E-state index is 0.560. The molecule has 5 rings (SSSR count). The molecule has 0 heteroatoms. The van der Waals surface area contributed by atoms with Crippen LogP contribution in [0.3, 0.4) is 0 Å². The van der Waals surface area contributed by atoms with Crippen molar-refractivity contribution >= 4 is 0 Å². The molecule has 0 unspecified atom stereocenters. The summed E-state index contributed by atoms with van der Waals surface area (Å²) in [7, 11) is 0. The maximum absolute atomic E-state index is 2.39. The smallest absolute Gasteiger partial charge is 0.0354 e. The zero-order valence-electron chi connectivity index (χ0n) is 44.5. The molecular weight excluding hydrogens is 661 g/mol. The third kappa shape index (κ3) is 36.8. The van der Waals surface area contributed by atoms with Crippen molar-refractivity contribution in [3.05, 3.63) is 0 Å². The van der Waals surface area contributed by atoms with Gasteiger partial charge in [0.25, 0.3) is 0 Å². The first kappa shape index (κ1) is 64.2. The second-order valence-electron chi connectivity index (χ2n) is 21.7. The molecule has 0 N–H and O–H groups in total. The molecule has 0 saturated heterocycles. The summed E-state index contributed by atoms with van der Waals surface area (Å²) in [6.07, 6.45) is 29.5. The Morgan fingerprint density at radius 2 is 0.309 bits per heavy atom. The lowest BCUT2D eigenvalue weighted by Crippen LogP contribution is -2.26. The zero-order valence-corrected chi connectivity index (χ0v) is 44.5. The molecule has 0 bridgehead atoms. The maximum atomic E-state index is 2.39. The van der Waals surface area contributed by atoms with Crippen LogP contribution in [0.1, 0.15) is 302 Å². The Kier molecular flexibility index (Phi) is 41.9. The summed E-state index contributed by atoms with van der Waals surface area (Å²) in [5.74, 6) is 5.08. The molecule has 5 aliphatic carbocycles. The molecule has 0 nitrogen and oxygen atoms in total. The van der Waals surface area contributed by atoms with Gasteiger partial charge in [-0.1, -0.05) is 237 Å². The highest BCUT2D eigenvalue weighted by atomic mass is 14.4. The van der Waals surface area contributed by atoms with Crippen molar-refractivity contribution in [2.45, 2.75) is 302 Å². The fraction of sp³-hybridized carbons (Fsp3) is 1.00. The molecule has 0 radical (unpaired) electrons. The monoisotopic (exact) mass is 781 g/mol. The van der Waals surface area contributed by atoms with Crippen LogP contribution in [-0.4, -0.2) is 0 Å². The van der Waals surface area contributed by atoms with Crippen LogP contribution in [-0.2, 0) is 0 Å². The average Bonchev–Trinajstić information content (AvgIpc) is 3.89. The van der Waals surface area contributed by atoms with Gasteiger partial charge in [-0.15, -0.1) is 0 Å². The van der Waals surface area contributed by atoms with Crippen molar-refractivity contribution in [2.75, 3.05) is 0 Å². The van der Waals surface area contributed by atoms with Gasteiger partial charge in [0.05, 0.1) is 0 Å². The lowest BCUT2D eigenvalue weighted by Gasteiger charge is -2.37. The third-order valence-electron chi connectivity index (χ3n) is 12.6. The quantitative estimate of drug-likeness (QED) is 0.215. The van der Waals surface area contributed by atoms with Crippen molar-refractivity contribution in [1.29, 1.82) is 0 Å². The van der Waals surface area contributed by atoms with Crippen molar-refractivity contribution in [2.24, 2.45) is 56.7 Å². The largest absolute Gasteiger partial charge is 0.0683 e. The first-order chi connectivity index (χ1) is 25.5. The molecule has 5 aliphatic rings. The zero-order chi connectivity index (χ0) is 44.5. The van der Waals surface area contributed by atoms with E-state index in [1.807, 2.05) is 69.2 Å². The summed E-state index contributed by atoms with van der Waals surface area (Å²) in [4.78, 5) is 0. The van der Waals surface area contributed by atoms with E-state index in [-0.39, 0.29) is 0 Å². The highest BCUT2D eigenvalue weighted by molar-refractivity contribution is 4.84. The minimum atomic E-state index is 0.560. The molecule has 0 spiro atoms. The molecule has 0 aliphatic heterocycles. The van der Waals surface area contributed by atoms with E-state index < -0.39 is 0 Å². The van der Waals surface area contributed by atoms with Gasteiger partial charge >= 0.3 is 0 Å². The highest BCUT2D eigenvalue weighted by Gasteiger charge is 2.33. The standard InChI is InChI=1S/C11H22.C10H20.C9H18.C8H16.C7H14.5C2H6/c1-11(2,3)10-8-6-4-5-7-9-10;1-10(2,3)9-7-5-4-6-8-9;1-9(2,3)8-6-4-5-7-8;1-8(2,3)7-5-4-6-7;1-7(2,3)6-4-5-6;5*1-2/h10H,4-9H2,1-3H3;9H,4-8H2,1-3H3;8H,4-7H2,1-3H3;7H,4-6H2,1-3H3;6H,4-5H2,1-3H3;5*1-2H3. The van der Waals surface area contributed by atoms with Crippen molar-refractivity contribution in [1.82, 2.24) is 0 Å². The topological polar surface area (TPSA) is 0 Å². The molecule has 0 aromatic rings. The first-order valence-corrected chi connectivity index (χ1v) is 25.5. The lowest BCUT2D eigenvalue weighted by atomic mass is 9.69. The third-order valence-corrected chi connectivity index (χ3v) is 12.6. The summed E-state index contributed by atoms with van der Waals surface area (Å²) < 4.78 is 0. The lowest BCUT2D eigenvalue weighted by molar-refractivity contribution is 0.141. The molecule has 55 heavy (non-hydrogen) atoms. The van der Waals surface area contributed by atoms with Crippen LogP contribution in [0.25, 0.3) is 0 Å². The van der Waals surface area contributed by atoms with Gasteiger partial charge < -0.3 is 0 Å². The first-order valence-electron chi connectivity index (χ1n) is 25.5. The fourth-order valence-corrected chi connectivity index (χ4v) is 8.13. The summed E-state index contributed by atoms with van der Waals surface area (Å²) in [6.45, 7) is 55.4. The minimum Gasteiger partial charge on any atom is -0.0683 e. The molecule has 5 fully saturated rings. The average molecular weight is 782 g/mol. The normalized spacial score (nSPS) is 19.4. The van der Waals surface area contributed by atoms with E-state index in [4.69, 9.17) is 0 Å². The summed E-state index contributed by atoms with van der Waals surface area (Å²) >= 11 is 0. The molecule has 0 aromatic carbocycles. The predicted octanol–water partition coefficient (Wildman–Crippen LogP) is 21.2. The highest BCUT2D eigenvalue weighted by Crippen LogP contribution is 2.44. The van der Waals surface area contributed by atoms with Crippen LogP contribution in [0.15, 0.2) is 0 Å². The summed E-state index contributed by atoms with van der Waals surface area (Å²) in [5, 5.41) is 0. The van der Waals surface area contributed by atoms with Crippen LogP contribution in [0.5, 0.6) is 0 Å². The second-order valence-corrected chi connectivity index (χ2v) is 21.7. The number of rotatable bonds is 0. The Hall–Kier alpha value is 0. The van der Waals surface area contributed by atoms with Gasteiger partial charge in [-0.2, -0.15) is 0 Å². The molecule has 0 heterocycles. The van der Waals surface area contributed by atoms with Crippen LogP contribution in [0, 0.1) is 56.7 Å². The van der Waals surface area contributed by atoms with Gasteiger partial charge in [0.1, 0.15) is 0 Å². The van der Waals surface area contributed by atoms with Gasteiger partial charge in [-0.25, -0.2) is 0 Å². The molecule has 0 atom stereocenters. The molecule has 5 saturated carbocycles. The van der Waals surface area contributed by atoms with Gasteiger partial charge in [0.2, 0.25) is 0 Å². The molecular formula is C55H120. The summed E-state index contributed by atoms with van der Waals surface area (Å²) in [6, 6.07) is 0. The van der Waals surface area contributed by atoms with E-state index in [1.54, 1.807) is 0 Å². The van der Waals surface area contributed by atoms with Gasteiger partial charge in [-0.3, -0.25) is 0 Å². The van der Waals surface area contributed by atoms with Gasteiger partial charge in [-0.05, 0) is 121 Å². The van der Waals surface area contributed by atoms with Crippen LogP contribution in [0.4, 0.5) is 0 Å². The van der Waals surface area contributed by atoms with Gasteiger partial charge in [0.15, 0.2) is 0 Å². The Balaban J connectivity index is -0.000000180. The van der Waals surface area contributed by atoms with Crippen LogP contribution >= 0.6 is 0 Å². The Bertz CT molecular complexity index is 707. The number of hydrogen-bond donors (Lipinski definition) is 0. The van der Waals surface area contributed by atoms with E-state index in [0.29, 0.717) is 27.1 Å². The predicted molar refractivity (Wildman–Crippen MR) is 264 cm³/mol. The Morgan fingerprint density at radius 1 is 0.182 bits per heavy atom. The van der Waals surface area contributed by atoms with E-state index in [2.05, 4.69) is 104 Å². The van der Waals surface area contributed by atoms with E-state index in [0.717, 1.165) is 29.6 Å². The molecule has 0 amide bonds. The van der Waals surface area contributed by atoms with Gasteiger partial charge in [0, 0.05) is 0 Å². The van der Waals surface area contributed by atoms with Crippen LogP contribution in [0.2, 0.25) is 0 Å². The fourth-order valence-electron chi connectivity index (χ4n) is 8.13.